The molecule has 0 aliphatic carbocycles. The zero-order valence-electron chi connectivity index (χ0n) is 15.8. The summed E-state index contributed by atoms with van der Waals surface area (Å²) in [6.45, 7) is 4.35. The average molecular weight is 456 g/mol. The van der Waals surface area contributed by atoms with E-state index in [4.69, 9.17) is 16.0 Å². The lowest BCUT2D eigenvalue weighted by Gasteiger charge is -2.18. The van der Waals surface area contributed by atoms with Gasteiger partial charge >= 0.3 is 0 Å². The van der Waals surface area contributed by atoms with Crippen molar-refractivity contribution in [1.82, 2.24) is 14.5 Å². The molecule has 0 amide bonds. The largest absolute Gasteiger partial charge is 0.411 e. The molecule has 0 aliphatic rings. The lowest BCUT2D eigenvalue weighted by molar-refractivity contribution is 0.445. The summed E-state index contributed by atoms with van der Waals surface area (Å²) in [5.41, 5.74) is 1.25. The van der Waals surface area contributed by atoms with Crippen LogP contribution in [0.5, 0.6) is 0 Å². The molecule has 0 aliphatic heterocycles. The topological polar surface area (TPSA) is 76.3 Å². The second-order valence-corrected chi connectivity index (χ2v) is 9.29. The molecule has 0 bridgehead atoms. The lowest BCUT2D eigenvalue weighted by Crippen LogP contribution is -2.30. The van der Waals surface area contributed by atoms with Gasteiger partial charge in [-0.1, -0.05) is 49.3 Å². The van der Waals surface area contributed by atoms with Crippen molar-refractivity contribution in [2.45, 2.75) is 29.7 Å². The molecule has 0 atom stereocenters. The number of thioether (sulfide) groups is 1. The first kappa shape index (κ1) is 21.8. The quantitative estimate of drug-likeness (QED) is 0.452. The van der Waals surface area contributed by atoms with Gasteiger partial charge in [-0.2, -0.15) is 4.31 Å². The van der Waals surface area contributed by atoms with Crippen LogP contribution < -0.4 is 0 Å². The van der Waals surface area contributed by atoms with Gasteiger partial charge in [-0.15, -0.1) is 10.2 Å². The van der Waals surface area contributed by atoms with E-state index < -0.39 is 15.8 Å². The lowest BCUT2D eigenvalue weighted by atomic mass is 10.2. The highest BCUT2D eigenvalue weighted by Crippen LogP contribution is 2.29. The van der Waals surface area contributed by atoms with Gasteiger partial charge in [0.05, 0.1) is 4.90 Å². The Bertz CT molecular complexity index is 1100. The first-order valence-electron chi connectivity index (χ1n) is 8.86. The number of aromatic nitrogens is 2. The molecule has 3 rings (SSSR count). The molecule has 1 heterocycles. The van der Waals surface area contributed by atoms with E-state index in [1.165, 1.54) is 34.3 Å². The molecule has 0 fully saturated rings. The van der Waals surface area contributed by atoms with Crippen LogP contribution in [0.3, 0.4) is 0 Å². The number of benzene rings is 2. The van der Waals surface area contributed by atoms with Crippen LogP contribution in [-0.2, 0) is 15.8 Å². The van der Waals surface area contributed by atoms with Gasteiger partial charge in [0, 0.05) is 29.4 Å². The minimum atomic E-state index is -3.59. The maximum Gasteiger partial charge on any atom is 0.277 e. The third-order valence-corrected chi connectivity index (χ3v) is 7.46. The van der Waals surface area contributed by atoms with E-state index in [-0.39, 0.29) is 10.8 Å². The van der Waals surface area contributed by atoms with Crippen LogP contribution in [0.15, 0.2) is 57.0 Å². The van der Waals surface area contributed by atoms with E-state index in [2.05, 4.69) is 10.2 Å². The number of rotatable bonds is 8. The van der Waals surface area contributed by atoms with Crippen molar-refractivity contribution in [2.75, 3.05) is 13.1 Å². The molecule has 3 aromatic rings. The Kier molecular flexibility index (Phi) is 6.94. The fourth-order valence-corrected chi connectivity index (χ4v) is 5.25. The van der Waals surface area contributed by atoms with Crippen molar-refractivity contribution < 1.29 is 17.2 Å². The van der Waals surface area contributed by atoms with Crippen molar-refractivity contribution in [2.24, 2.45) is 0 Å². The number of halogens is 2. The summed E-state index contributed by atoms with van der Waals surface area (Å²) >= 11 is 7.28. The molecule has 1 aromatic heterocycles. The second-order valence-electron chi connectivity index (χ2n) is 6.01. The van der Waals surface area contributed by atoms with Crippen LogP contribution >= 0.6 is 23.4 Å². The molecule has 2 aromatic carbocycles. The molecule has 0 N–H and O–H groups in total. The highest BCUT2D eigenvalue weighted by molar-refractivity contribution is 7.98. The smallest absolute Gasteiger partial charge is 0.277 e. The van der Waals surface area contributed by atoms with Crippen molar-refractivity contribution in [1.29, 1.82) is 0 Å². The molecule has 10 heteroatoms. The maximum atomic E-state index is 13.1. The number of hydrogen-bond donors (Lipinski definition) is 0. The first-order valence-corrected chi connectivity index (χ1v) is 11.7. The van der Waals surface area contributed by atoms with Crippen LogP contribution in [0, 0.1) is 5.82 Å². The SMILES string of the molecule is CCN(CC)S(=O)(=O)c1cccc(-c2nnc(SCc3ccc(F)cc3Cl)o2)c1. The van der Waals surface area contributed by atoms with Crippen LogP contribution in [0.4, 0.5) is 4.39 Å². The van der Waals surface area contributed by atoms with Gasteiger partial charge < -0.3 is 4.42 Å². The monoisotopic (exact) mass is 455 g/mol. The number of sulfonamides is 1. The minimum absolute atomic E-state index is 0.171. The molecule has 0 saturated carbocycles. The van der Waals surface area contributed by atoms with Crippen LogP contribution in [-0.4, -0.2) is 36.0 Å². The van der Waals surface area contributed by atoms with Gasteiger partial charge in [0.1, 0.15) is 5.82 Å². The molecule has 29 heavy (non-hydrogen) atoms. The normalized spacial score (nSPS) is 11.9. The van der Waals surface area contributed by atoms with Gasteiger partial charge in [0.15, 0.2) is 0 Å². The highest BCUT2D eigenvalue weighted by atomic mass is 35.5. The predicted octanol–water partition coefficient (Wildman–Crippen LogP) is 4.85. The standard InChI is InChI=1S/C19H19ClFN3O3S2/c1-3-24(4-2)29(25,26)16-7-5-6-13(10-16)18-22-23-19(27-18)28-12-14-8-9-15(21)11-17(14)20/h5-11H,3-4,12H2,1-2H3. The van der Waals surface area contributed by atoms with Gasteiger partial charge in [-0.25, -0.2) is 12.8 Å². The van der Waals surface area contributed by atoms with Gasteiger partial charge in [-0.05, 0) is 35.9 Å². The summed E-state index contributed by atoms with van der Waals surface area (Å²) in [5, 5.41) is 8.62. The summed E-state index contributed by atoms with van der Waals surface area (Å²) < 4.78 is 45.6. The molecule has 154 valence electrons. The van der Waals surface area contributed by atoms with Crippen LogP contribution in [0.2, 0.25) is 5.02 Å². The van der Waals surface area contributed by atoms with E-state index in [0.717, 1.165) is 5.56 Å². The van der Waals surface area contributed by atoms with Gasteiger partial charge in [-0.3, -0.25) is 0 Å². The van der Waals surface area contributed by atoms with Crippen LogP contribution in [0.25, 0.3) is 11.5 Å². The van der Waals surface area contributed by atoms with E-state index in [1.54, 1.807) is 38.1 Å². The summed E-state index contributed by atoms with van der Waals surface area (Å²) in [6, 6.07) is 10.6. The number of hydrogen-bond acceptors (Lipinski definition) is 6. The van der Waals surface area contributed by atoms with Crippen molar-refractivity contribution >= 4 is 33.4 Å². The van der Waals surface area contributed by atoms with Gasteiger partial charge in [0.2, 0.25) is 15.9 Å². The Hall–Kier alpha value is -1.94. The van der Waals surface area contributed by atoms with E-state index >= 15 is 0 Å². The Morgan fingerprint density at radius 2 is 1.90 bits per heavy atom. The van der Waals surface area contributed by atoms with Crippen molar-refractivity contribution in [3.05, 3.63) is 58.9 Å². The summed E-state index contributed by atoms with van der Waals surface area (Å²) in [7, 11) is -3.59. The van der Waals surface area contributed by atoms with Crippen LogP contribution in [0.1, 0.15) is 19.4 Å². The second kappa shape index (κ2) is 9.25. The van der Waals surface area contributed by atoms with Crippen molar-refractivity contribution in [3.8, 4) is 11.5 Å². The molecular formula is C19H19ClFN3O3S2. The molecular weight excluding hydrogens is 437 g/mol. The zero-order chi connectivity index (χ0) is 21.0. The van der Waals surface area contributed by atoms with Gasteiger partial charge in [0.25, 0.3) is 5.22 Å². The highest BCUT2D eigenvalue weighted by Gasteiger charge is 2.22. The number of nitrogens with zero attached hydrogens (tertiary/aromatic N) is 3. The molecule has 0 unspecified atom stereocenters. The van der Waals surface area contributed by atoms with E-state index in [1.807, 2.05) is 0 Å². The van der Waals surface area contributed by atoms with E-state index in [9.17, 15) is 12.8 Å². The summed E-state index contributed by atoms with van der Waals surface area (Å²) in [5.74, 6) is 0.245. The Balaban J connectivity index is 1.78. The molecule has 0 spiro atoms. The summed E-state index contributed by atoms with van der Waals surface area (Å²) in [6.07, 6.45) is 0. The zero-order valence-corrected chi connectivity index (χ0v) is 18.2. The van der Waals surface area contributed by atoms with Crippen molar-refractivity contribution in [3.63, 3.8) is 0 Å². The third-order valence-electron chi connectivity index (χ3n) is 4.20. The minimum Gasteiger partial charge on any atom is -0.411 e. The fraction of sp³-hybridized carbons (Fsp3) is 0.263. The fourth-order valence-electron chi connectivity index (χ4n) is 2.67. The maximum absolute atomic E-state index is 13.1. The first-order chi connectivity index (χ1) is 13.8. The molecule has 6 nitrogen and oxygen atoms in total. The average Bonchev–Trinajstić information content (AvgIpc) is 3.17. The Morgan fingerprint density at radius 3 is 2.59 bits per heavy atom. The molecule has 0 saturated heterocycles. The Morgan fingerprint density at radius 1 is 1.14 bits per heavy atom. The predicted molar refractivity (Wildman–Crippen MR) is 111 cm³/mol. The van der Waals surface area contributed by atoms with E-state index in [0.29, 0.717) is 34.7 Å². The molecule has 0 radical (unpaired) electrons. The third kappa shape index (κ3) is 4.98. The summed E-state index contributed by atoms with van der Waals surface area (Å²) in [4.78, 5) is 0.171. The Labute approximate surface area is 178 Å².